The first kappa shape index (κ1) is 13.1. The second-order valence-corrected chi connectivity index (χ2v) is 3.74. The van der Waals surface area contributed by atoms with E-state index in [1.165, 1.54) is 6.07 Å². The van der Waals surface area contributed by atoms with Gasteiger partial charge in [0.05, 0.1) is 12.2 Å². The Balaban J connectivity index is 3.16. The Labute approximate surface area is 101 Å². The largest absolute Gasteiger partial charge is 0.507 e. The molecule has 0 bridgehead atoms. The number of esters is 1. The van der Waals surface area contributed by atoms with Crippen LogP contribution >= 0.6 is 0 Å². The second-order valence-electron chi connectivity index (χ2n) is 3.74. The highest BCUT2D eigenvalue weighted by Crippen LogP contribution is 2.25. The lowest BCUT2D eigenvalue weighted by Gasteiger charge is -2.12. The van der Waals surface area contributed by atoms with Gasteiger partial charge in [-0.3, -0.25) is 0 Å². The lowest BCUT2D eigenvalue weighted by Crippen LogP contribution is -2.11. The smallest absolute Gasteiger partial charge is 0.340 e. The first-order chi connectivity index (χ1) is 8.06. The van der Waals surface area contributed by atoms with Gasteiger partial charge in [0.25, 0.3) is 0 Å². The van der Waals surface area contributed by atoms with Gasteiger partial charge in [-0.05, 0) is 13.0 Å². The van der Waals surface area contributed by atoms with Crippen LogP contribution in [-0.4, -0.2) is 36.7 Å². The first-order valence-electron chi connectivity index (χ1n) is 5.40. The number of hydrogen-bond donors (Lipinski definition) is 1. The van der Waals surface area contributed by atoms with E-state index >= 15 is 0 Å². The lowest BCUT2D eigenvalue weighted by atomic mass is 10.1. The molecule has 1 N–H and O–H groups in total. The predicted molar refractivity (Wildman–Crippen MR) is 66.4 cm³/mol. The Hall–Kier alpha value is -1.97. The molecule has 0 aliphatic heterocycles. The maximum atomic E-state index is 11.8. The normalized spacial score (nSPS) is 11.1. The van der Waals surface area contributed by atoms with Gasteiger partial charge in [-0.25, -0.2) is 4.79 Å². The molecule has 0 amide bonds. The van der Waals surface area contributed by atoms with Gasteiger partial charge in [0.15, 0.2) is 0 Å². The highest BCUT2D eigenvalue weighted by atomic mass is 16.5. The number of nitrogens with zero attached hydrogens (tertiary/aromatic N) is 1. The van der Waals surface area contributed by atoms with Crippen molar-refractivity contribution in [2.24, 2.45) is 0 Å². The van der Waals surface area contributed by atoms with Gasteiger partial charge in [0.1, 0.15) is 5.75 Å². The topological polar surface area (TPSA) is 49.8 Å². The molecule has 0 fully saturated rings. The Morgan fingerprint density at radius 2 is 2.06 bits per heavy atom. The van der Waals surface area contributed by atoms with Crippen molar-refractivity contribution in [1.29, 1.82) is 0 Å². The number of ether oxygens (including phenoxy) is 1. The van der Waals surface area contributed by atoms with Crippen LogP contribution in [0.5, 0.6) is 5.75 Å². The maximum Gasteiger partial charge on any atom is 0.340 e. The molecule has 17 heavy (non-hydrogen) atoms. The van der Waals surface area contributed by atoms with Crippen molar-refractivity contribution in [3.8, 4) is 5.75 Å². The van der Waals surface area contributed by atoms with E-state index in [4.69, 9.17) is 4.74 Å². The molecule has 4 nitrogen and oxygen atoms in total. The van der Waals surface area contributed by atoms with Crippen molar-refractivity contribution in [2.45, 2.75) is 6.92 Å². The van der Waals surface area contributed by atoms with Crippen LogP contribution in [0.15, 0.2) is 30.5 Å². The van der Waals surface area contributed by atoms with Gasteiger partial charge >= 0.3 is 5.97 Å². The monoisotopic (exact) mass is 235 g/mol. The number of benzene rings is 1. The molecule has 0 aliphatic rings. The van der Waals surface area contributed by atoms with E-state index in [0.717, 1.165) is 0 Å². The number of aromatic hydroxyl groups is 1. The summed E-state index contributed by atoms with van der Waals surface area (Å²) in [5, 5.41) is 9.74. The molecule has 4 heteroatoms. The minimum atomic E-state index is -0.442. The summed E-state index contributed by atoms with van der Waals surface area (Å²) in [7, 11) is 3.61. The summed E-state index contributed by atoms with van der Waals surface area (Å²) in [5.41, 5.74) is 0.814. The average Bonchev–Trinajstić information content (AvgIpc) is 2.27. The van der Waals surface area contributed by atoms with Crippen LogP contribution in [0.4, 0.5) is 0 Å². The van der Waals surface area contributed by atoms with Crippen LogP contribution in [0.2, 0.25) is 0 Å². The number of phenolic OH excluding ortho intramolecular Hbond substituents is 1. The third-order valence-corrected chi connectivity index (χ3v) is 2.08. The van der Waals surface area contributed by atoms with Gasteiger partial charge in [-0.15, -0.1) is 0 Å². The van der Waals surface area contributed by atoms with E-state index in [2.05, 4.69) is 0 Å². The van der Waals surface area contributed by atoms with Crippen molar-refractivity contribution in [2.75, 3.05) is 20.7 Å². The number of phenols is 1. The summed E-state index contributed by atoms with van der Waals surface area (Å²) in [6.07, 6.45) is 1.63. The molecule has 0 radical (unpaired) electrons. The van der Waals surface area contributed by atoms with Crippen LogP contribution in [0.25, 0.3) is 5.57 Å². The SMILES string of the molecule is CCOC(=O)C(=CN(C)C)c1ccccc1O. The summed E-state index contributed by atoms with van der Waals surface area (Å²) in [4.78, 5) is 13.5. The molecular formula is C13H17NO3. The van der Waals surface area contributed by atoms with E-state index < -0.39 is 5.97 Å². The van der Waals surface area contributed by atoms with Crippen LogP contribution in [0.1, 0.15) is 12.5 Å². The van der Waals surface area contributed by atoms with E-state index in [1.54, 1.807) is 50.3 Å². The summed E-state index contributed by atoms with van der Waals surface area (Å²) in [5.74, 6) is -0.378. The molecule has 1 aromatic carbocycles. The Morgan fingerprint density at radius 3 is 2.59 bits per heavy atom. The average molecular weight is 235 g/mol. The number of carbonyl (C=O) groups excluding carboxylic acids is 1. The fourth-order valence-electron chi connectivity index (χ4n) is 1.40. The first-order valence-corrected chi connectivity index (χ1v) is 5.40. The highest BCUT2D eigenvalue weighted by molar-refractivity contribution is 6.17. The van der Waals surface area contributed by atoms with Crippen molar-refractivity contribution in [3.63, 3.8) is 0 Å². The van der Waals surface area contributed by atoms with Crippen molar-refractivity contribution in [1.82, 2.24) is 4.90 Å². The van der Waals surface area contributed by atoms with Crippen molar-refractivity contribution >= 4 is 11.5 Å². The second kappa shape index (κ2) is 5.94. The van der Waals surface area contributed by atoms with Crippen LogP contribution in [-0.2, 0) is 9.53 Å². The number of hydrogen-bond acceptors (Lipinski definition) is 4. The van der Waals surface area contributed by atoms with Crippen LogP contribution < -0.4 is 0 Å². The van der Waals surface area contributed by atoms with E-state index in [0.29, 0.717) is 17.7 Å². The number of para-hydroxylation sites is 1. The fourth-order valence-corrected chi connectivity index (χ4v) is 1.40. The summed E-state index contributed by atoms with van der Waals surface area (Å²) >= 11 is 0. The van der Waals surface area contributed by atoms with Gasteiger partial charge in [0, 0.05) is 25.9 Å². The van der Waals surface area contributed by atoms with Crippen LogP contribution in [0, 0.1) is 0 Å². The zero-order valence-electron chi connectivity index (χ0n) is 10.3. The molecule has 92 valence electrons. The zero-order valence-corrected chi connectivity index (χ0v) is 10.3. The Bertz CT molecular complexity index is 424. The van der Waals surface area contributed by atoms with Gasteiger partial charge < -0.3 is 14.7 Å². The molecule has 0 unspecified atom stereocenters. The summed E-state index contributed by atoms with van der Waals surface area (Å²) < 4.78 is 4.97. The lowest BCUT2D eigenvalue weighted by molar-refractivity contribution is -0.136. The minimum absolute atomic E-state index is 0.0636. The zero-order chi connectivity index (χ0) is 12.8. The molecule has 0 aliphatic carbocycles. The Morgan fingerprint density at radius 1 is 1.41 bits per heavy atom. The minimum Gasteiger partial charge on any atom is -0.507 e. The quantitative estimate of drug-likeness (QED) is 0.639. The molecule has 1 aromatic rings. The van der Waals surface area contributed by atoms with Crippen molar-refractivity contribution < 1.29 is 14.6 Å². The third kappa shape index (κ3) is 3.52. The van der Waals surface area contributed by atoms with Gasteiger partial charge in [-0.1, -0.05) is 18.2 Å². The van der Waals surface area contributed by atoms with E-state index in [9.17, 15) is 9.90 Å². The molecular weight excluding hydrogens is 218 g/mol. The molecule has 0 saturated heterocycles. The summed E-state index contributed by atoms with van der Waals surface area (Å²) in [6, 6.07) is 6.69. The fraction of sp³-hybridized carbons (Fsp3) is 0.308. The van der Waals surface area contributed by atoms with E-state index in [1.807, 2.05) is 0 Å². The Kier molecular flexibility index (Phi) is 4.57. The molecule has 0 atom stereocenters. The number of carbonyl (C=O) groups is 1. The van der Waals surface area contributed by atoms with Gasteiger partial charge in [-0.2, -0.15) is 0 Å². The molecule has 0 spiro atoms. The standard InChI is InChI=1S/C13H17NO3/c1-4-17-13(16)11(9-14(2)3)10-7-5-6-8-12(10)15/h5-9,15H,4H2,1-3H3. The number of rotatable bonds is 4. The van der Waals surface area contributed by atoms with E-state index in [-0.39, 0.29) is 5.75 Å². The highest BCUT2D eigenvalue weighted by Gasteiger charge is 2.16. The third-order valence-electron chi connectivity index (χ3n) is 2.08. The van der Waals surface area contributed by atoms with Crippen molar-refractivity contribution in [3.05, 3.63) is 36.0 Å². The molecule has 0 aromatic heterocycles. The maximum absolute atomic E-state index is 11.8. The predicted octanol–water partition coefficient (Wildman–Crippen LogP) is 1.86. The molecule has 0 saturated carbocycles. The van der Waals surface area contributed by atoms with Gasteiger partial charge in [0.2, 0.25) is 0 Å². The summed E-state index contributed by atoms with van der Waals surface area (Å²) in [6.45, 7) is 2.05. The molecule has 1 rings (SSSR count). The van der Waals surface area contributed by atoms with Crippen LogP contribution in [0.3, 0.4) is 0 Å². The molecule has 0 heterocycles.